The molecule has 3 N–H and O–H groups in total. The number of urea groups is 1. The highest BCUT2D eigenvalue weighted by molar-refractivity contribution is 5.82. The predicted octanol–water partition coefficient (Wildman–Crippen LogP) is 1.49. The number of carboxylic acids is 1. The highest BCUT2D eigenvalue weighted by Gasteiger charge is 2.30. The number of rotatable bonds is 5. The Balaban J connectivity index is 4.13. The summed E-state index contributed by atoms with van der Waals surface area (Å²) in [5, 5.41) is 12.7. The molecule has 0 aliphatic carbocycles. The summed E-state index contributed by atoms with van der Waals surface area (Å²) in [6.45, 7) is 2.73. The minimum atomic E-state index is -4.37. The van der Waals surface area contributed by atoms with Crippen LogP contribution in [-0.4, -0.2) is 35.4 Å². The zero-order valence-electron chi connectivity index (χ0n) is 9.47. The van der Waals surface area contributed by atoms with Gasteiger partial charge >= 0.3 is 18.2 Å². The molecule has 0 saturated carbocycles. The van der Waals surface area contributed by atoms with Gasteiger partial charge in [-0.3, -0.25) is 0 Å². The normalized spacial score (nSPS) is 14.9. The maximum Gasteiger partial charge on any atom is 0.391 e. The summed E-state index contributed by atoms with van der Waals surface area (Å²) in [5.41, 5.74) is 0. The molecule has 5 nitrogen and oxygen atoms in total. The molecule has 0 fully saturated rings. The molecule has 8 heteroatoms. The summed E-state index contributed by atoms with van der Waals surface area (Å²) < 4.78 is 35.8. The third kappa shape index (κ3) is 7.42. The van der Waals surface area contributed by atoms with E-state index in [0.717, 1.165) is 0 Å². The van der Waals surface area contributed by atoms with Crippen LogP contribution in [0.3, 0.4) is 0 Å². The van der Waals surface area contributed by atoms with Crippen molar-refractivity contribution in [3.05, 3.63) is 0 Å². The number of amides is 2. The molecule has 0 aliphatic heterocycles. The molecular weight excluding hydrogens is 241 g/mol. The monoisotopic (exact) mass is 256 g/mol. The van der Waals surface area contributed by atoms with Gasteiger partial charge in [-0.25, -0.2) is 9.59 Å². The summed E-state index contributed by atoms with van der Waals surface area (Å²) in [4.78, 5) is 21.7. The quantitative estimate of drug-likeness (QED) is 0.697. The maximum atomic E-state index is 11.9. The Bertz CT molecular complexity index is 281. The van der Waals surface area contributed by atoms with Crippen molar-refractivity contribution in [2.45, 2.75) is 44.9 Å². The van der Waals surface area contributed by atoms with Gasteiger partial charge in [-0.15, -0.1) is 0 Å². The van der Waals surface area contributed by atoms with E-state index in [9.17, 15) is 22.8 Å². The van der Waals surface area contributed by atoms with E-state index >= 15 is 0 Å². The number of alkyl halides is 3. The van der Waals surface area contributed by atoms with Crippen molar-refractivity contribution < 1.29 is 27.9 Å². The fourth-order valence-electron chi connectivity index (χ4n) is 1.16. The van der Waals surface area contributed by atoms with Gasteiger partial charge in [0.05, 0.1) is 6.42 Å². The first kappa shape index (κ1) is 15.5. The van der Waals surface area contributed by atoms with Crippen LogP contribution in [0.1, 0.15) is 26.7 Å². The lowest BCUT2D eigenvalue weighted by molar-refractivity contribution is -0.140. The number of hydrogen-bond acceptors (Lipinski definition) is 2. The number of halogens is 3. The van der Waals surface area contributed by atoms with Crippen LogP contribution in [0.4, 0.5) is 18.0 Å². The summed E-state index contributed by atoms with van der Waals surface area (Å²) in [7, 11) is 0. The molecule has 0 heterocycles. The van der Waals surface area contributed by atoms with Gasteiger partial charge in [0.1, 0.15) is 6.04 Å². The second-order valence-electron chi connectivity index (χ2n) is 3.64. The average Bonchev–Trinajstić information content (AvgIpc) is 2.09. The van der Waals surface area contributed by atoms with Crippen LogP contribution >= 0.6 is 0 Å². The minimum Gasteiger partial charge on any atom is -0.480 e. The zero-order chi connectivity index (χ0) is 13.6. The lowest BCUT2D eigenvalue weighted by Gasteiger charge is -2.18. The molecule has 0 aromatic rings. The molecule has 2 amide bonds. The molecule has 0 aromatic heterocycles. The first-order chi connectivity index (χ1) is 7.65. The Hall–Kier alpha value is -1.47. The van der Waals surface area contributed by atoms with Crippen LogP contribution in [0.5, 0.6) is 0 Å². The van der Waals surface area contributed by atoms with Crippen LogP contribution in [-0.2, 0) is 4.79 Å². The van der Waals surface area contributed by atoms with Gasteiger partial charge in [0.2, 0.25) is 0 Å². The minimum absolute atomic E-state index is 0.149. The van der Waals surface area contributed by atoms with E-state index in [4.69, 9.17) is 5.11 Å². The second-order valence-corrected chi connectivity index (χ2v) is 3.64. The SMILES string of the molecule is CC[C@H](NC(=O)NC(C)CC(F)(F)F)C(=O)O. The molecule has 0 bridgehead atoms. The molecular formula is C9H15F3N2O3. The van der Waals surface area contributed by atoms with E-state index in [1.165, 1.54) is 13.8 Å². The second kappa shape index (κ2) is 6.31. The Morgan fingerprint density at radius 3 is 2.18 bits per heavy atom. The van der Waals surface area contributed by atoms with Crippen molar-refractivity contribution in [1.82, 2.24) is 10.6 Å². The lowest BCUT2D eigenvalue weighted by Crippen LogP contribution is -2.48. The van der Waals surface area contributed by atoms with E-state index in [1.807, 2.05) is 5.32 Å². The average molecular weight is 256 g/mol. The van der Waals surface area contributed by atoms with Crippen molar-refractivity contribution in [2.24, 2.45) is 0 Å². The Morgan fingerprint density at radius 1 is 1.29 bits per heavy atom. The largest absolute Gasteiger partial charge is 0.480 e. The highest BCUT2D eigenvalue weighted by Crippen LogP contribution is 2.21. The predicted molar refractivity (Wildman–Crippen MR) is 53.5 cm³/mol. The Labute approximate surface area is 96.4 Å². The maximum absolute atomic E-state index is 11.9. The van der Waals surface area contributed by atoms with E-state index in [-0.39, 0.29) is 6.42 Å². The van der Waals surface area contributed by atoms with Crippen LogP contribution in [0.25, 0.3) is 0 Å². The van der Waals surface area contributed by atoms with Crippen molar-refractivity contribution in [2.75, 3.05) is 0 Å². The van der Waals surface area contributed by atoms with Crippen LogP contribution < -0.4 is 10.6 Å². The molecule has 0 rings (SSSR count). The molecule has 2 atom stereocenters. The standard InChI is InChI=1S/C9H15F3N2O3/c1-3-6(7(15)16)14-8(17)13-5(2)4-9(10,11)12/h5-6H,3-4H2,1-2H3,(H,15,16)(H2,13,14,17)/t5?,6-/m0/s1. The first-order valence-electron chi connectivity index (χ1n) is 5.02. The molecule has 1 unspecified atom stereocenters. The van der Waals surface area contributed by atoms with Gasteiger partial charge in [0.15, 0.2) is 0 Å². The van der Waals surface area contributed by atoms with Gasteiger partial charge in [-0.1, -0.05) is 6.92 Å². The zero-order valence-corrected chi connectivity index (χ0v) is 9.47. The van der Waals surface area contributed by atoms with Crippen LogP contribution in [0.2, 0.25) is 0 Å². The molecule has 0 radical (unpaired) electrons. The van der Waals surface area contributed by atoms with Gasteiger partial charge in [-0.05, 0) is 13.3 Å². The van der Waals surface area contributed by atoms with Crippen molar-refractivity contribution >= 4 is 12.0 Å². The lowest BCUT2D eigenvalue weighted by atomic mass is 10.2. The summed E-state index contributed by atoms with van der Waals surface area (Å²) in [6, 6.07) is -3.13. The van der Waals surface area contributed by atoms with Crippen molar-refractivity contribution in [3.8, 4) is 0 Å². The van der Waals surface area contributed by atoms with Gasteiger partial charge in [0, 0.05) is 6.04 Å². The number of hydrogen-bond donors (Lipinski definition) is 3. The molecule has 0 aliphatic rings. The van der Waals surface area contributed by atoms with Crippen molar-refractivity contribution in [3.63, 3.8) is 0 Å². The number of nitrogens with one attached hydrogen (secondary N) is 2. The first-order valence-corrected chi connectivity index (χ1v) is 5.02. The number of carbonyl (C=O) groups is 2. The van der Waals surface area contributed by atoms with Gasteiger partial charge < -0.3 is 15.7 Å². The van der Waals surface area contributed by atoms with Crippen molar-refractivity contribution in [1.29, 1.82) is 0 Å². The van der Waals surface area contributed by atoms with Crippen LogP contribution in [0.15, 0.2) is 0 Å². The van der Waals surface area contributed by atoms with E-state index < -0.39 is 36.7 Å². The smallest absolute Gasteiger partial charge is 0.391 e. The van der Waals surface area contributed by atoms with Gasteiger partial charge in [0.25, 0.3) is 0 Å². The molecule has 0 spiro atoms. The van der Waals surface area contributed by atoms with E-state index in [1.54, 1.807) is 0 Å². The summed E-state index contributed by atoms with van der Waals surface area (Å²) in [5.74, 6) is -1.23. The summed E-state index contributed by atoms with van der Waals surface area (Å²) in [6.07, 6.45) is -5.38. The fourth-order valence-corrected chi connectivity index (χ4v) is 1.16. The molecule has 17 heavy (non-hydrogen) atoms. The molecule has 100 valence electrons. The third-order valence-corrected chi connectivity index (χ3v) is 1.93. The molecule has 0 aromatic carbocycles. The molecule has 0 saturated heterocycles. The third-order valence-electron chi connectivity index (χ3n) is 1.93. The fraction of sp³-hybridized carbons (Fsp3) is 0.778. The highest BCUT2D eigenvalue weighted by atomic mass is 19.4. The van der Waals surface area contributed by atoms with E-state index in [2.05, 4.69) is 5.32 Å². The Kier molecular flexibility index (Phi) is 5.77. The van der Waals surface area contributed by atoms with E-state index in [0.29, 0.717) is 0 Å². The number of carbonyl (C=O) groups excluding carboxylic acids is 1. The number of carboxylic acid groups (broad SMARTS) is 1. The summed E-state index contributed by atoms with van der Waals surface area (Å²) >= 11 is 0. The topological polar surface area (TPSA) is 78.4 Å². The Morgan fingerprint density at radius 2 is 1.82 bits per heavy atom. The van der Waals surface area contributed by atoms with Gasteiger partial charge in [-0.2, -0.15) is 13.2 Å². The van der Waals surface area contributed by atoms with Crippen LogP contribution in [0, 0.1) is 0 Å². The number of aliphatic carboxylic acids is 1.